The third-order valence-electron chi connectivity index (χ3n) is 3.97. The number of fused-ring (bicyclic) bond motifs is 1. The van der Waals surface area contributed by atoms with Gasteiger partial charge in [0, 0.05) is 17.3 Å². The molecule has 0 saturated carbocycles. The largest absolute Gasteiger partial charge is 0.411 e. The Morgan fingerprint density at radius 1 is 1.25 bits per heavy atom. The summed E-state index contributed by atoms with van der Waals surface area (Å²) in [7, 11) is 0. The average Bonchev–Trinajstić information content (AvgIpc) is 2.29. The maximum atomic E-state index is 8.78. The van der Waals surface area contributed by atoms with Gasteiger partial charge in [-0.1, -0.05) is 11.2 Å². The molecule has 0 amide bonds. The molecule has 1 aromatic carbocycles. The number of anilines is 1. The zero-order chi connectivity index (χ0) is 15.1. The molecule has 1 aliphatic heterocycles. The monoisotopic (exact) mass is 272 g/mol. The summed E-state index contributed by atoms with van der Waals surface area (Å²) >= 11 is 0. The Labute approximate surface area is 121 Å². The number of hydrogen-bond acceptors (Lipinski definition) is 3. The van der Waals surface area contributed by atoms with Gasteiger partial charge in [-0.15, -0.1) is 0 Å². The minimum absolute atomic E-state index is 0.00424. The molecule has 0 aliphatic carbocycles. The van der Waals surface area contributed by atoms with Crippen LogP contribution in [0.4, 0.5) is 5.69 Å². The minimum atomic E-state index is 0.00424. The van der Waals surface area contributed by atoms with Crippen molar-refractivity contribution in [3.63, 3.8) is 0 Å². The molecule has 2 rings (SSSR count). The van der Waals surface area contributed by atoms with Crippen LogP contribution in [0.5, 0.6) is 0 Å². The van der Waals surface area contributed by atoms with E-state index in [0.29, 0.717) is 6.04 Å². The van der Waals surface area contributed by atoms with Gasteiger partial charge >= 0.3 is 0 Å². The zero-order valence-corrected chi connectivity index (χ0v) is 13.2. The second-order valence-electron chi connectivity index (χ2n) is 6.42. The van der Waals surface area contributed by atoms with Gasteiger partial charge in [0.1, 0.15) is 0 Å². The summed E-state index contributed by atoms with van der Waals surface area (Å²) in [6.45, 7) is 13.1. The van der Waals surface area contributed by atoms with Crippen LogP contribution in [0.3, 0.4) is 0 Å². The summed E-state index contributed by atoms with van der Waals surface area (Å²) in [6, 6.07) is 4.73. The number of nitrogens with zero attached hydrogens (tertiary/aromatic N) is 2. The molecular formula is C17H24N2O. The van der Waals surface area contributed by atoms with Crippen LogP contribution in [0.25, 0.3) is 5.57 Å². The van der Waals surface area contributed by atoms with Gasteiger partial charge in [0.2, 0.25) is 0 Å². The van der Waals surface area contributed by atoms with Crippen LogP contribution in [0.1, 0.15) is 51.3 Å². The van der Waals surface area contributed by atoms with E-state index in [1.165, 1.54) is 23.0 Å². The molecule has 0 atom stereocenters. The molecule has 0 aromatic heterocycles. The Balaban J connectivity index is 2.70. The zero-order valence-electron chi connectivity index (χ0n) is 13.2. The molecule has 1 heterocycles. The van der Waals surface area contributed by atoms with E-state index in [4.69, 9.17) is 5.21 Å². The fourth-order valence-corrected chi connectivity index (χ4v) is 3.36. The van der Waals surface area contributed by atoms with Crippen LogP contribution in [0, 0.1) is 6.92 Å². The van der Waals surface area contributed by atoms with Crippen molar-refractivity contribution in [1.82, 2.24) is 0 Å². The van der Waals surface area contributed by atoms with Crippen molar-refractivity contribution in [1.29, 1.82) is 0 Å². The van der Waals surface area contributed by atoms with E-state index in [1.54, 1.807) is 0 Å². The van der Waals surface area contributed by atoms with Gasteiger partial charge in [-0.2, -0.15) is 0 Å². The number of allylic oxidation sites excluding steroid dienone is 1. The second kappa shape index (κ2) is 4.97. The van der Waals surface area contributed by atoms with Gasteiger partial charge in [0.15, 0.2) is 0 Å². The van der Waals surface area contributed by atoms with Gasteiger partial charge in [0.25, 0.3) is 0 Å². The molecule has 3 heteroatoms. The summed E-state index contributed by atoms with van der Waals surface area (Å²) in [6.07, 6.45) is 3.81. The first-order chi connectivity index (χ1) is 9.27. The molecule has 0 spiro atoms. The summed E-state index contributed by atoms with van der Waals surface area (Å²) < 4.78 is 0. The highest BCUT2D eigenvalue weighted by atomic mass is 16.4. The van der Waals surface area contributed by atoms with E-state index in [1.807, 2.05) is 0 Å². The van der Waals surface area contributed by atoms with Crippen LogP contribution >= 0.6 is 0 Å². The topological polar surface area (TPSA) is 35.8 Å². The highest BCUT2D eigenvalue weighted by Crippen LogP contribution is 2.41. The third-order valence-corrected chi connectivity index (χ3v) is 3.97. The average molecular weight is 272 g/mol. The van der Waals surface area contributed by atoms with Gasteiger partial charge in [-0.3, -0.25) is 0 Å². The lowest BCUT2D eigenvalue weighted by molar-refractivity contribution is 0.322. The summed E-state index contributed by atoms with van der Waals surface area (Å²) in [5, 5.41) is 11.9. The van der Waals surface area contributed by atoms with Gasteiger partial charge in [-0.05, 0) is 70.4 Å². The Morgan fingerprint density at radius 2 is 1.90 bits per heavy atom. The molecular weight excluding hydrogens is 248 g/mol. The standard InChI is InChI=1S/C17H24N2O/c1-11(2)19-16-7-12(3)14(10-18-20)8-15(16)13(4)9-17(19,5)6/h7-11,20H,1-6H3/b18-10-. The van der Waals surface area contributed by atoms with Crippen LogP contribution < -0.4 is 4.90 Å². The molecule has 20 heavy (non-hydrogen) atoms. The van der Waals surface area contributed by atoms with E-state index in [-0.39, 0.29) is 5.54 Å². The Morgan fingerprint density at radius 3 is 2.45 bits per heavy atom. The first kappa shape index (κ1) is 14.6. The Hall–Kier alpha value is -1.77. The molecule has 3 nitrogen and oxygen atoms in total. The number of rotatable bonds is 2. The molecule has 1 aromatic rings. The predicted octanol–water partition coefficient (Wildman–Crippen LogP) is 4.21. The van der Waals surface area contributed by atoms with Gasteiger partial charge < -0.3 is 10.1 Å². The van der Waals surface area contributed by atoms with Crippen molar-refractivity contribution < 1.29 is 5.21 Å². The molecule has 0 fully saturated rings. The Kier molecular flexibility index (Phi) is 3.63. The molecule has 108 valence electrons. The summed E-state index contributed by atoms with van der Waals surface area (Å²) in [5.41, 5.74) is 5.84. The van der Waals surface area contributed by atoms with Crippen molar-refractivity contribution in [3.8, 4) is 0 Å². The Bertz CT molecular complexity index is 583. The molecule has 1 N–H and O–H groups in total. The fourth-order valence-electron chi connectivity index (χ4n) is 3.36. The second-order valence-corrected chi connectivity index (χ2v) is 6.42. The first-order valence-electron chi connectivity index (χ1n) is 7.09. The molecule has 0 radical (unpaired) electrons. The number of hydrogen-bond donors (Lipinski definition) is 1. The van der Waals surface area contributed by atoms with Crippen LogP contribution in [0.2, 0.25) is 0 Å². The third kappa shape index (κ3) is 2.33. The lowest BCUT2D eigenvalue weighted by Crippen LogP contribution is -2.49. The number of oxime groups is 1. The normalized spacial score (nSPS) is 17.6. The van der Waals surface area contributed by atoms with E-state index in [2.05, 4.69) is 69.8 Å². The lowest BCUT2D eigenvalue weighted by Gasteiger charge is -2.46. The highest BCUT2D eigenvalue weighted by Gasteiger charge is 2.33. The van der Waals surface area contributed by atoms with E-state index < -0.39 is 0 Å². The maximum Gasteiger partial charge on any atom is 0.0736 e. The highest BCUT2D eigenvalue weighted by molar-refractivity contribution is 5.89. The molecule has 0 bridgehead atoms. The van der Waals surface area contributed by atoms with Crippen LogP contribution in [0.15, 0.2) is 23.4 Å². The first-order valence-corrected chi connectivity index (χ1v) is 7.09. The van der Waals surface area contributed by atoms with Gasteiger partial charge in [-0.25, -0.2) is 0 Å². The summed E-state index contributed by atoms with van der Waals surface area (Å²) in [5.74, 6) is 0. The van der Waals surface area contributed by atoms with E-state index >= 15 is 0 Å². The van der Waals surface area contributed by atoms with E-state index in [9.17, 15) is 0 Å². The predicted molar refractivity (Wildman–Crippen MR) is 85.9 cm³/mol. The van der Waals surface area contributed by atoms with E-state index in [0.717, 1.165) is 11.1 Å². The smallest absolute Gasteiger partial charge is 0.0736 e. The summed E-state index contributed by atoms with van der Waals surface area (Å²) in [4.78, 5) is 2.45. The molecule has 1 aliphatic rings. The van der Waals surface area contributed by atoms with Crippen molar-refractivity contribution in [2.75, 3.05) is 4.90 Å². The SMILES string of the molecule is CC1=CC(C)(C)N(C(C)C)c2cc(C)c(/C=N\O)cc21. The minimum Gasteiger partial charge on any atom is -0.411 e. The maximum absolute atomic E-state index is 8.78. The quantitative estimate of drug-likeness (QED) is 0.497. The van der Waals surface area contributed by atoms with Crippen LogP contribution in [-0.2, 0) is 0 Å². The van der Waals surface area contributed by atoms with Crippen molar-refractivity contribution in [2.45, 2.75) is 53.1 Å². The lowest BCUT2D eigenvalue weighted by atomic mass is 9.86. The van der Waals surface area contributed by atoms with Gasteiger partial charge in [0.05, 0.1) is 11.8 Å². The number of aryl methyl sites for hydroxylation is 1. The molecule has 0 saturated heterocycles. The van der Waals surface area contributed by atoms with Crippen molar-refractivity contribution in [3.05, 3.63) is 34.9 Å². The van der Waals surface area contributed by atoms with Crippen LogP contribution in [-0.4, -0.2) is 23.0 Å². The molecule has 0 unspecified atom stereocenters. The fraction of sp³-hybridized carbons (Fsp3) is 0.471. The van der Waals surface area contributed by atoms with Crippen molar-refractivity contribution >= 4 is 17.5 Å². The number of benzene rings is 1. The van der Waals surface area contributed by atoms with Crippen molar-refractivity contribution in [2.24, 2.45) is 5.16 Å².